The molecule has 6 nitrogen and oxygen atoms in total. The van der Waals surface area contributed by atoms with Crippen molar-refractivity contribution in [1.29, 1.82) is 0 Å². The first-order valence-corrected chi connectivity index (χ1v) is 10.9. The molecule has 2 aromatic rings. The highest BCUT2D eigenvalue weighted by Gasteiger charge is 2.45. The zero-order chi connectivity index (χ0) is 18.4. The van der Waals surface area contributed by atoms with Crippen LogP contribution in [0.15, 0.2) is 24.3 Å². The molecule has 0 atom stereocenters. The van der Waals surface area contributed by atoms with Crippen LogP contribution in [0.5, 0.6) is 0 Å². The Morgan fingerprint density at radius 1 is 1.19 bits per heavy atom. The van der Waals surface area contributed by atoms with Crippen molar-refractivity contribution in [3.8, 4) is 0 Å². The van der Waals surface area contributed by atoms with Crippen molar-refractivity contribution >= 4 is 21.1 Å². The lowest BCUT2D eigenvalue weighted by Gasteiger charge is -2.44. The number of rotatable bonds is 4. The van der Waals surface area contributed by atoms with Gasteiger partial charge in [0.2, 0.25) is 0 Å². The van der Waals surface area contributed by atoms with E-state index in [2.05, 4.69) is 23.2 Å². The molecule has 1 saturated heterocycles. The molecule has 1 aromatic carbocycles. The number of H-pyrrole nitrogens is 1. The maximum atomic E-state index is 12.8. The van der Waals surface area contributed by atoms with E-state index in [-0.39, 0.29) is 5.60 Å². The maximum Gasteiger partial charge on any atom is 0.281 e. The Morgan fingerprint density at radius 2 is 1.88 bits per heavy atom. The van der Waals surface area contributed by atoms with Gasteiger partial charge >= 0.3 is 0 Å². The molecule has 0 bridgehead atoms. The second-order valence-electron chi connectivity index (χ2n) is 7.11. The van der Waals surface area contributed by atoms with Crippen molar-refractivity contribution in [2.45, 2.75) is 38.7 Å². The Balaban J connectivity index is 1.62. The Bertz CT molecular complexity index is 894. The van der Waals surface area contributed by atoms with E-state index in [4.69, 9.17) is 4.74 Å². The monoisotopic (exact) mass is 377 g/mol. The molecule has 0 aliphatic carbocycles. The number of piperidine rings is 1. The molecule has 0 radical (unpaired) electrons. The molecule has 3 heterocycles. The van der Waals surface area contributed by atoms with E-state index in [1.807, 2.05) is 19.9 Å². The van der Waals surface area contributed by atoms with Crippen molar-refractivity contribution in [2.75, 3.05) is 32.8 Å². The van der Waals surface area contributed by atoms with E-state index in [0.29, 0.717) is 45.6 Å². The summed E-state index contributed by atoms with van der Waals surface area (Å²) in [6.45, 7) is 6.45. The average molecular weight is 378 g/mol. The SMILES string of the molecule is CCN(CC)S(=O)(=O)N1CCC2(CC1)OCCc1c2[nH]c2ccccc12. The van der Waals surface area contributed by atoms with Crippen LogP contribution in [0.25, 0.3) is 10.9 Å². The molecular weight excluding hydrogens is 350 g/mol. The summed E-state index contributed by atoms with van der Waals surface area (Å²) in [5, 5.41) is 1.27. The van der Waals surface area contributed by atoms with Gasteiger partial charge in [-0.3, -0.25) is 0 Å². The fourth-order valence-corrected chi connectivity index (χ4v) is 6.08. The average Bonchev–Trinajstić information content (AvgIpc) is 3.04. The van der Waals surface area contributed by atoms with Gasteiger partial charge in [-0.2, -0.15) is 17.0 Å². The van der Waals surface area contributed by atoms with Crippen LogP contribution in [-0.4, -0.2) is 54.8 Å². The van der Waals surface area contributed by atoms with Gasteiger partial charge < -0.3 is 9.72 Å². The lowest BCUT2D eigenvalue weighted by atomic mass is 9.84. The van der Waals surface area contributed by atoms with Gasteiger partial charge in [-0.1, -0.05) is 32.0 Å². The number of ether oxygens (including phenoxy) is 1. The molecule has 2 aliphatic rings. The number of aromatic nitrogens is 1. The molecule has 1 aromatic heterocycles. The predicted octanol–water partition coefficient (Wildman–Crippen LogP) is 2.62. The standard InChI is InChI=1S/C19H27N3O3S/c1-3-21(4-2)26(23,24)22-12-10-19(11-13-22)18-16(9-14-25-19)15-7-5-6-8-17(15)20-18/h5-8,20H,3-4,9-14H2,1-2H3. The van der Waals surface area contributed by atoms with Crippen molar-refractivity contribution in [2.24, 2.45) is 0 Å². The number of benzene rings is 1. The number of nitrogens with one attached hydrogen (secondary N) is 1. The molecule has 1 fully saturated rings. The quantitative estimate of drug-likeness (QED) is 0.891. The minimum Gasteiger partial charge on any atom is -0.368 e. The lowest BCUT2D eigenvalue weighted by Crippen LogP contribution is -2.52. The number of fused-ring (bicyclic) bond motifs is 4. The molecule has 4 rings (SSSR count). The van der Waals surface area contributed by atoms with Crippen molar-refractivity contribution in [1.82, 2.24) is 13.6 Å². The molecule has 7 heteroatoms. The minimum absolute atomic E-state index is 0.387. The fourth-order valence-electron chi connectivity index (χ4n) is 4.45. The van der Waals surface area contributed by atoms with E-state index in [0.717, 1.165) is 17.6 Å². The number of hydrogen-bond acceptors (Lipinski definition) is 3. The first-order valence-electron chi connectivity index (χ1n) is 9.51. The van der Waals surface area contributed by atoms with Crippen LogP contribution in [0.3, 0.4) is 0 Å². The van der Waals surface area contributed by atoms with Gasteiger partial charge in [-0.25, -0.2) is 0 Å². The van der Waals surface area contributed by atoms with Crippen LogP contribution < -0.4 is 0 Å². The van der Waals surface area contributed by atoms with Crippen LogP contribution in [0.4, 0.5) is 0 Å². The second kappa shape index (κ2) is 6.64. The Labute approximate surface area is 155 Å². The van der Waals surface area contributed by atoms with Gasteiger partial charge in [0.05, 0.1) is 12.3 Å². The Kier molecular flexibility index (Phi) is 4.59. The number of aromatic amines is 1. The zero-order valence-electron chi connectivity index (χ0n) is 15.5. The van der Waals surface area contributed by atoms with Crippen molar-refractivity contribution in [3.63, 3.8) is 0 Å². The van der Waals surface area contributed by atoms with Crippen LogP contribution in [0.2, 0.25) is 0 Å². The highest BCUT2D eigenvalue weighted by Crippen LogP contribution is 2.43. The van der Waals surface area contributed by atoms with Crippen molar-refractivity contribution in [3.05, 3.63) is 35.5 Å². The largest absolute Gasteiger partial charge is 0.368 e. The van der Waals surface area contributed by atoms with E-state index in [1.165, 1.54) is 15.3 Å². The Hall–Kier alpha value is -1.41. The molecule has 1 N–H and O–H groups in total. The van der Waals surface area contributed by atoms with Crippen LogP contribution in [0, 0.1) is 0 Å². The normalized spacial score (nSPS) is 20.7. The number of para-hydroxylation sites is 1. The molecule has 1 spiro atoms. The molecule has 0 unspecified atom stereocenters. The van der Waals surface area contributed by atoms with E-state index in [1.54, 1.807) is 4.31 Å². The first kappa shape index (κ1) is 18.0. The number of nitrogens with zero attached hydrogens (tertiary/aromatic N) is 2. The minimum atomic E-state index is -3.38. The summed E-state index contributed by atoms with van der Waals surface area (Å²) in [4.78, 5) is 3.57. The van der Waals surface area contributed by atoms with Gasteiger partial charge in [-0.05, 0) is 30.9 Å². The zero-order valence-corrected chi connectivity index (χ0v) is 16.3. The third-order valence-electron chi connectivity index (χ3n) is 5.89. The van der Waals surface area contributed by atoms with E-state index >= 15 is 0 Å². The second-order valence-corrected chi connectivity index (χ2v) is 9.04. The highest BCUT2D eigenvalue weighted by atomic mass is 32.2. The topological polar surface area (TPSA) is 65.6 Å². The van der Waals surface area contributed by atoms with Crippen LogP contribution >= 0.6 is 0 Å². The molecule has 142 valence electrons. The summed E-state index contributed by atoms with van der Waals surface area (Å²) >= 11 is 0. The van der Waals surface area contributed by atoms with Crippen molar-refractivity contribution < 1.29 is 13.2 Å². The smallest absolute Gasteiger partial charge is 0.281 e. The lowest BCUT2D eigenvalue weighted by molar-refractivity contribution is -0.0918. The third kappa shape index (κ3) is 2.69. The highest BCUT2D eigenvalue weighted by molar-refractivity contribution is 7.86. The summed E-state index contributed by atoms with van der Waals surface area (Å²) in [6.07, 6.45) is 2.28. The first-order chi connectivity index (χ1) is 12.5. The van der Waals surface area contributed by atoms with Crippen LogP contribution in [0.1, 0.15) is 37.9 Å². The van der Waals surface area contributed by atoms with Gasteiger partial charge in [0.15, 0.2) is 0 Å². The summed E-state index contributed by atoms with van der Waals surface area (Å²) in [5.41, 5.74) is 3.25. The van der Waals surface area contributed by atoms with Gasteiger partial charge in [0.1, 0.15) is 5.60 Å². The van der Waals surface area contributed by atoms with E-state index in [9.17, 15) is 8.42 Å². The third-order valence-corrected chi connectivity index (χ3v) is 8.07. The van der Waals surface area contributed by atoms with Gasteiger partial charge in [0, 0.05) is 37.1 Å². The molecular formula is C19H27N3O3S. The van der Waals surface area contributed by atoms with E-state index < -0.39 is 10.2 Å². The summed E-state index contributed by atoms with van der Waals surface area (Å²) in [7, 11) is -3.38. The van der Waals surface area contributed by atoms with Gasteiger partial charge in [0.25, 0.3) is 10.2 Å². The molecule has 0 saturated carbocycles. The molecule has 26 heavy (non-hydrogen) atoms. The number of hydrogen-bond donors (Lipinski definition) is 1. The van der Waals surface area contributed by atoms with Gasteiger partial charge in [-0.15, -0.1) is 0 Å². The Morgan fingerprint density at radius 3 is 2.58 bits per heavy atom. The molecule has 0 amide bonds. The van der Waals surface area contributed by atoms with Crippen LogP contribution in [-0.2, 0) is 27.0 Å². The predicted molar refractivity (Wildman–Crippen MR) is 102 cm³/mol. The summed E-state index contributed by atoms with van der Waals surface area (Å²) in [6, 6.07) is 8.36. The fraction of sp³-hybridized carbons (Fsp3) is 0.579. The summed E-state index contributed by atoms with van der Waals surface area (Å²) in [5.74, 6) is 0. The maximum absolute atomic E-state index is 12.8. The summed E-state index contributed by atoms with van der Waals surface area (Å²) < 4.78 is 35.0. The molecule has 2 aliphatic heterocycles.